The van der Waals surface area contributed by atoms with Gasteiger partial charge in [-0.25, -0.2) is 4.79 Å². The van der Waals surface area contributed by atoms with Gasteiger partial charge in [0.15, 0.2) is 0 Å². The number of hydrogen-bond donors (Lipinski definition) is 0. The highest BCUT2D eigenvalue weighted by Crippen LogP contribution is 2.29. The van der Waals surface area contributed by atoms with Crippen LogP contribution in [0.15, 0.2) is 48.6 Å². The van der Waals surface area contributed by atoms with Crippen LogP contribution in [0, 0.1) is 5.92 Å². The zero-order valence-corrected chi connectivity index (χ0v) is 9.22. The number of rotatable bonds is 2. The first-order valence-electron chi connectivity index (χ1n) is 5.32. The lowest BCUT2D eigenvalue weighted by molar-refractivity contribution is -0.138. The van der Waals surface area contributed by atoms with E-state index in [9.17, 15) is 4.79 Å². The first-order chi connectivity index (χ1) is 7.72. The van der Waals surface area contributed by atoms with Crippen LogP contribution in [0.25, 0.3) is 6.08 Å². The van der Waals surface area contributed by atoms with Crippen LogP contribution in [0.2, 0.25) is 0 Å². The quantitative estimate of drug-likeness (QED) is 0.430. The second-order valence-electron chi connectivity index (χ2n) is 3.88. The van der Waals surface area contributed by atoms with Crippen LogP contribution in [-0.4, -0.2) is 12.1 Å². The standard InChI is InChI=1S/C14H14O2/c1-3-12-10(2)16-14(15)13(12)9-11-7-5-4-6-8-11/h3-10,12H,1H2,2H3. The van der Waals surface area contributed by atoms with Crippen molar-refractivity contribution in [3.8, 4) is 0 Å². The second-order valence-corrected chi connectivity index (χ2v) is 3.88. The molecule has 0 saturated carbocycles. The van der Waals surface area contributed by atoms with E-state index < -0.39 is 0 Å². The molecule has 1 aliphatic heterocycles. The number of esters is 1. The van der Waals surface area contributed by atoms with Crippen molar-refractivity contribution in [2.75, 3.05) is 0 Å². The second kappa shape index (κ2) is 4.35. The minimum atomic E-state index is -0.235. The van der Waals surface area contributed by atoms with E-state index in [4.69, 9.17) is 4.74 Å². The van der Waals surface area contributed by atoms with E-state index in [1.54, 1.807) is 6.08 Å². The van der Waals surface area contributed by atoms with Crippen molar-refractivity contribution in [2.45, 2.75) is 13.0 Å². The summed E-state index contributed by atoms with van der Waals surface area (Å²) in [5.41, 5.74) is 1.70. The monoisotopic (exact) mass is 214 g/mol. The fraction of sp³-hybridized carbons (Fsp3) is 0.214. The molecule has 0 amide bonds. The number of ether oxygens (including phenoxy) is 1. The van der Waals surface area contributed by atoms with E-state index in [1.165, 1.54) is 0 Å². The summed E-state index contributed by atoms with van der Waals surface area (Å²) in [6, 6.07) is 9.76. The van der Waals surface area contributed by atoms with Crippen molar-refractivity contribution in [2.24, 2.45) is 5.92 Å². The minimum absolute atomic E-state index is 0.00675. The van der Waals surface area contributed by atoms with Gasteiger partial charge >= 0.3 is 5.97 Å². The van der Waals surface area contributed by atoms with Gasteiger partial charge in [-0.05, 0) is 18.6 Å². The van der Waals surface area contributed by atoms with Crippen molar-refractivity contribution in [3.05, 3.63) is 54.1 Å². The molecule has 2 atom stereocenters. The Hall–Kier alpha value is -1.83. The molecule has 2 rings (SSSR count). The van der Waals surface area contributed by atoms with Crippen LogP contribution < -0.4 is 0 Å². The lowest BCUT2D eigenvalue weighted by Gasteiger charge is -2.06. The fourth-order valence-corrected chi connectivity index (χ4v) is 1.90. The number of benzene rings is 1. The summed E-state index contributed by atoms with van der Waals surface area (Å²) in [7, 11) is 0. The Bertz CT molecular complexity index is 431. The van der Waals surface area contributed by atoms with Crippen molar-refractivity contribution in [3.63, 3.8) is 0 Å². The maximum Gasteiger partial charge on any atom is 0.335 e. The Morgan fingerprint density at radius 2 is 2.00 bits per heavy atom. The van der Waals surface area contributed by atoms with E-state index in [0.717, 1.165) is 5.56 Å². The Labute approximate surface area is 95.2 Å². The molecule has 16 heavy (non-hydrogen) atoms. The molecule has 1 aromatic carbocycles. The highest BCUT2D eigenvalue weighted by Gasteiger charge is 2.34. The van der Waals surface area contributed by atoms with Crippen molar-refractivity contribution >= 4 is 12.0 Å². The Balaban J connectivity index is 2.36. The lowest BCUT2D eigenvalue weighted by atomic mass is 9.95. The summed E-state index contributed by atoms with van der Waals surface area (Å²) in [5, 5.41) is 0. The molecule has 1 aromatic rings. The van der Waals surface area contributed by atoms with Gasteiger partial charge in [-0.2, -0.15) is 0 Å². The van der Waals surface area contributed by atoms with Crippen LogP contribution in [0.5, 0.6) is 0 Å². The average Bonchev–Trinajstić information content (AvgIpc) is 2.55. The molecule has 2 heteroatoms. The molecule has 0 bridgehead atoms. The molecular formula is C14H14O2. The third kappa shape index (κ3) is 1.91. The Morgan fingerprint density at radius 3 is 2.62 bits per heavy atom. The van der Waals surface area contributed by atoms with Gasteiger partial charge in [0, 0.05) is 11.5 Å². The van der Waals surface area contributed by atoms with E-state index in [-0.39, 0.29) is 18.0 Å². The third-order valence-electron chi connectivity index (χ3n) is 2.77. The van der Waals surface area contributed by atoms with Gasteiger partial charge < -0.3 is 4.74 Å². The molecule has 0 radical (unpaired) electrons. The van der Waals surface area contributed by atoms with Crippen molar-refractivity contribution in [1.29, 1.82) is 0 Å². The number of hydrogen-bond acceptors (Lipinski definition) is 2. The van der Waals surface area contributed by atoms with Gasteiger partial charge in [-0.15, -0.1) is 6.58 Å². The molecule has 2 unspecified atom stereocenters. The molecule has 1 saturated heterocycles. The SMILES string of the molecule is C=CC1C(=Cc2ccccc2)C(=O)OC1C. The average molecular weight is 214 g/mol. The molecule has 82 valence electrons. The predicted molar refractivity (Wildman–Crippen MR) is 63.7 cm³/mol. The fourth-order valence-electron chi connectivity index (χ4n) is 1.90. The van der Waals surface area contributed by atoms with Gasteiger partial charge in [-0.1, -0.05) is 36.4 Å². The van der Waals surface area contributed by atoms with E-state index in [1.807, 2.05) is 43.3 Å². The Kier molecular flexibility index (Phi) is 2.91. The van der Waals surface area contributed by atoms with Gasteiger partial charge in [-0.3, -0.25) is 0 Å². The van der Waals surface area contributed by atoms with Crippen molar-refractivity contribution < 1.29 is 9.53 Å². The topological polar surface area (TPSA) is 26.3 Å². The van der Waals surface area contributed by atoms with Crippen LogP contribution in [0.3, 0.4) is 0 Å². The number of carbonyl (C=O) groups excluding carboxylic acids is 1. The third-order valence-corrected chi connectivity index (χ3v) is 2.77. The summed E-state index contributed by atoms with van der Waals surface area (Å²) >= 11 is 0. The zero-order chi connectivity index (χ0) is 11.5. The summed E-state index contributed by atoms with van der Waals surface area (Å²) in [6.45, 7) is 5.63. The highest BCUT2D eigenvalue weighted by molar-refractivity contribution is 5.96. The van der Waals surface area contributed by atoms with Crippen LogP contribution in [-0.2, 0) is 9.53 Å². The molecule has 2 nitrogen and oxygen atoms in total. The maximum atomic E-state index is 11.6. The van der Waals surface area contributed by atoms with Gasteiger partial charge in [0.1, 0.15) is 6.10 Å². The summed E-state index contributed by atoms with van der Waals surface area (Å²) in [4.78, 5) is 11.6. The first kappa shape index (κ1) is 10.7. The number of carbonyl (C=O) groups is 1. The maximum absolute atomic E-state index is 11.6. The van der Waals surface area contributed by atoms with Gasteiger partial charge in [0.2, 0.25) is 0 Å². The molecule has 0 N–H and O–H groups in total. The molecule has 1 fully saturated rings. The van der Waals surface area contributed by atoms with Gasteiger partial charge in [0.05, 0.1) is 0 Å². The number of cyclic esters (lactones) is 1. The molecule has 0 aliphatic carbocycles. The largest absolute Gasteiger partial charge is 0.458 e. The molecule has 0 aromatic heterocycles. The summed E-state index contributed by atoms with van der Waals surface area (Å²) < 4.78 is 5.17. The molecule has 1 aliphatic rings. The van der Waals surface area contributed by atoms with Gasteiger partial charge in [0.25, 0.3) is 0 Å². The van der Waals surface area contributed by atoms with Crippen LogP contribution in [0.1, 0.15) is 12.5 Å². The van der Waals surface area contributed by atoms with E-state index >= 15 is 0 Å². The Morgan fingerprint density at radius 1 is 1.31 bits per heavy atom. The minimum Gasteiger partial charge on any atom is -0.458 e. The molecule has 1 heterocycles. The zero-order valence-electron chi connectivity index (χ0n) is 9.22. The van der Waals surface area contributed by atoms with Crippen LogP contribution >= 0.6 is 0 Å². The van der Waals surface area contributed by atoms with E-state index in [2.05, 4.69) is 6.58 Å². The summed E-state index contributed by atoms with van der Waals surface area (Å²) in [5.74, 6) is -0.242. The normalized spacial score (nSPS) is 26.8. The summed E-state index contributed by atoms with van der Waals surface area (Å²) in [6.07, 6.45) is 3.53. The van der Waals surface area contributed by atoms with Crippen LogP contribution in [0.4, 0.5) is 0 Å². The van der Waals surface area contributed by atoms with E-state index in [0.29, 0.717) is 5.57 Å². The molecular weight excluding hydrogens is 200 g/mol. The first-order valence-corrected chi connectivity index (χ1v) is 5.32. The highest BCUT2D eigenvalue weighted by atomic mass is 16.5. The predicted octanol–water partition coefficient (Wildman–Crippen LogP) is 2.82. The smallest absolute Gasteiger partial charge is 0.335 e. The van der Waals surface area contributed by atoms with Crippen molar-refractivity contribution in [1.82, 2.24) is 0 Å². The molecule has 0 spiro atoms. The lowest BCUT2D eigenvalue weighted by Crippen LogP contribution is -2.08.